The highest BCUT2D eigenvalue weighted by Gasteiger charge is 2.11. The van der Waals surface area contributed by atoms with Crippen molar-refractivity contribution in [2.45, 2.75) is 38.5 Å². The number of hydrogen-bond acceptors (Lipinski definition) is 3. The third kappa shape index (κ3) is 6.54. The lowest BCUT2D eigenvalue weighted by atomic mass is 9.92. The van der Waals surface area contributed by atoms with Crippen molar-refractivity contribution in [1.82, 2.24) is 5.32 Å². The molecule has 0 aliphatic heterocycles. The Morgan fingerprint density at radius 2 is 1.93 bits per heavy atom. The molecule has 0 unspecified atom stereocenters. The SMILES string of the molecule is O=C(O)CCNCC1=Cc2ccc(OCCCCc3ccccc3)cc2CC1. The molecule has 1 aliphatic carbocycles. The van der Waals surface area contributed by atoms with Gasteiger partial charge in [-0.2, -0.15) is 0 Å². The first-order valence-corrected chi connectivity index (χ1v) is 10.1. The van der Waals surface area contributed by atoms with Gasteiger partial charge in [-0.3, -0.25) is 4.79 Å². The van der Waals surface area contributed by atoms with E-state index in [1.165, 1.54) is 22.3 Å². The van der Waals surface area contributed by atoms with Gasteiger partial charge in [0.15, 0.2) is 0 Å². The van der Waals surface area contributed by atoms with Crippen molar-refractivity contribution in [3.05, 3.63) is 70.8 Å². The number of carboxylic acids is 1. The van der Waals surface area contributed by atoms with Crippen LogP contribution in [-0.2, 0) is 17.6 Å². The molecule has 2 aromatic rings. The summed E-state index contributed by atoms with van der Waals surface area (Å²) >= 11 is 0. The average molecular weight is 380 g/mol. The second-order valence-corrected chi connectivity index (χ2v) is 7.27. The quantitative estimate of drug-likeness (QED) is 0.565. The van der Waals surface area contributed by atoms with Gasteiger partial charge in [0.1, 0.15) is 5.75 Å². The minimum absolute atomic E-state index is 0.163. The summed E-state index contributed by atoms with van der Waals surface area (Å²) in [4.78, 5) is 10.6. The molecule has 1 aliphatic rings. The van der Waals surface area contributed by atoms with Crippen molar-refractivity contribution in [2.24, 2.45) is 0 Å². The first kappa shape index (κ1) is 20.2. The monoisotopic (exact) mass is 379 g/mol. The van der Waals surface area contributed by atoms with Crippen molar-refractivity contribution in [1.29, 1.82) is 0 Å². The Labute approximate surface area is 167 Å². The van der Waals surface area contributed by atoms with Crippen LogP contribution < -0.4 is 10.1 Å². The number of nitrogens with one attached hydrogen (secondary N) is 1. The Kier molecular flexibility index (Phi) is 7.68. The van der Waals surface area contributed by atoms with Gasteiger partial charge in [-0.25, -0.2) is 0 Å². The zero-order valence-electron chi connectivity index (χ0n) is 16.3. The number of ether oxygens (including phenoxy) is 1. The maximum Gasteiger partial charge on any atom is 0.304 e. The van der Waals surface area contributed by atoms with Crippen LogP contribution in [0.5, 0.6) is 5.75 Å². The molecule has 3 rings (SSSR count). The number of unbranched alkanes of at least 4 members (excludes halogenated alkanes) is 1. The highest BCUT2D eigenvalue weighted by molar-refractivity contribution is 5.67. The molecule has 148 valence electrons. The summed E-state index contributed by atoms with van der Waals surface area (Å²) in [6, 6.07) is 16.9. The van der Waals surface area contributed by atoms with E-state index in [1.807, 2.05) is 6.07 Å². The van der Waals surface area contributed by atoms with Gasteiger partial charge < -0.3 is 15.2 Å². The van der Waals surface area contributed by atoms with E-state index in [-0.39, 0.29) is 6.42 Å². The fourth-order valence-corrected chi connectivity index (χ4v) is 3.47. The first-order valence-electron chi connectivity index (χ1n) is 10.1. The summed E-state index contributed by atoms with van der Waals surface area (Å²) < 4.78 is 5.95. The van der Waals surface area contributed by atoms with E-state index in [0.717, 1.165) is 51.0 Å². The molecule has 2 aromatic carbocycles. The molecule has 0 atom stereocenters. The number of aliphatic carboxylic acids is 1. The predicted molar refractivity (Wildman–Crippen MR) is 113 cm³/mol. The number of fused-ring (bicyclic) bond motifs is 1. The highest BCUT2D eigenvalue weighted by atomic mass is 16.5. The van der Waals surface area contributed by atoms with Crippen LogP contribution >= 0.6 is 0 Å². The Morgan fingerprint density at radius 3 is 2.75 bits per heavy atom. The lowest BCUT2D eigenvalue weighted by Crippen LogP contribution is -2.21. The van der Waals surface area contributed by atoms with Crippen molar-refractivity contribution in [3.8, 4) is 5.75 Å². The van der Waals surface area contributed by atoms with Crippen molar-refractivity contribution in [2.75, 3.05) is 19.7 Å². The van der Waals surface area contributed by atoms with Crippen LogP contribution in [0.25, 0.3) is 6.08 Å². The van der Waals surface area contributed by atoms with Gasteiger partial charge in [0.2, 0.25) is 0 Å². The number of rotatable bonds is 11. The first-order chi connectivity index (χ1) is 13.7. The molecule has 4 nitrogen and oxygen atoms in total. The number of carboxylic acid groups (broad SMARTS) is 1. The summed E-state index contributed by atoms with van der Waals surface area (Å²) in [6.45, 7) is 2.02. The summed E-state index contributed by atoms with van der Waals surface area (Å²) in [5.74, 6) is 0.193. The molecular formula is C24H29NO3. The van der Waals surface area contributed by atoms with Crippen LogP contribution in [0.2, 0.25) is 0 Å². The molecule has 0 radical (unpaired) electrons. The Hall–Kier alpha value is -2.59. The second-order valence-electron chi connectivity index (χ2n) is 7.27. The molecule has 4 heteroatoms. The van der Waals surface area contributed by atoms with Crippen LogP contribution in [0.4, 0.5) is 0 Å². The van der Waals surface area contributed by atoms with Gasteiger partial charge in [-0.05, 0) is 60.9 Å². The van der Waals surface area contributed by atoms with Gasteiger partial charge in [0.25, 0.3) is 0 Å². The van der Waals surface area contributed by atoms with Crippen LogP contribution in [0.3, 0.4) is 0 Å². The maximum atomic E-state index is 10.6. The van der Waals surface area contributed by atoms with Crippen molar-refractivity contribution < 1.29 is 14.6 Å². The topological polar surface area (TPSA) is 58.6 Å². The minimum atomic E-state index is -0.761. The summed E-state index contributed by atoms with van der Waals surface area (Å²) in [7, 11) is 0. The molecule has 0 bridgehead atoms. The normalized spacial score (nSPS) is 12.9. The van der Waals surface area contributed by atoms with Crippen LogP contribution in [-0.4, -0.2) is 30.8 Å². The Bertz CT molecular complexity index is 799. The lowest BCUT2D eigenvalue weighted by molar-refractivity contribution is -0.136. The molecule has 2 N–H and O–H groups in total. The molecule has 0 saturated heterocycles. The van der Waals surface area contributed by atoms with E-state index >= 15 is 0 Å². The van der Waals surface area contributed by atoms with Gasteiger partial charge in [-0.15, -0.1) is 0 Å². The molecule has 28 heavy (non-hydrogen) atoms. The largest absolute Gasteiger partial charge is 0.494 e. The number of benzene rings is 2. The van der Waals surface area contributed by atoms with E-state index in [1.54, 1.807) is 0 Å². The molecular weight excluding hydrogens is 350 g/mol. The van der Waals surface area contributed by atoms with Gasteiger partial charge in [0.05, 0.1) is 13.0 Å². The van der Waals surface area contributed by atoms with E-state index in [0.29, 0.717) is 6.54 Å². The smallest absolute Gasteiger partial charge is 0.304 e. The van der Waals surface area contributed by atoms with E-state index in [9.17, 15) is 4.79 Å². The fraction of sp³-hybridized carbons (Fsp3) is 0.375. The standard InChI is InChI=1S/C24H29NO3/c26-24(27)13-14-25-18-20-9-10-22-17-23(12-11-21(22)16-20)28-15-5-4-8-19-6-2-1-3-7-19/h1-3,6-7,11-12,16-17,25H,4-5,8-10,13-15,18H2,(H,26,27). The van der Waals surface area contributed by atoms with Gasteiger partial charge >= 0.3 is 5.97 Å². The van der Waals surface area contributed by atoms with E-state index in [4.69, 9.17) is 9.84 Å². The lowest BCUT2D eigenvalue weighted by Gasteiger charge is -2.18. The number of carbonyl (C=O) groups is 1. The summed E-state index contributed by atoms with van der Waals surface area (Å²) in [5.41, 5.74) is 5.29. The number of aryl methyl sites for hydroxylation is 2. The van der Waals surface area contributed by atoms with Crippen LogP contribution in [0, 0.1) is 0 Å². The molecule has 0 saturated carbocycles. The molecule has 0 spiro atoms. The minimum Gasteiger partial charge on any atom is -0.494 e. The fourth-order valence-electron chi connectivity index (χ4n) is 3.47. The van der Waals surface area contributed by atoms with Crippen molar-refractivity contribution >= 4 is 12.0 Å². The van der Waals surface area contributed by atoms with Crippen LogP contribution in [0.1, 0.15) is 42.4 Å². The summed E-state index contributed by atoms with van der Waals surface area (Å²) in [6.07, 6.45) is 7.68. The van der Waals surface area contributed by atoms with E-state index < -0.39 is 5.97 Å². The zero-order chi connectivity index (χ0) is 19.6. The van der Waals surface area contributed by atoms with Crippen LogP contribution in [0.15, 0.2) is 54.1 Å². The maximum absolute atomic E-state index is 10.6. The van der Waals surface area contributed by atoms with Crippen molar-refractivity contribution in [3.63, 3.8) is 0 Å². The third-order valence-electron chi connectivity index (χ3n) is 5.03. The van der Waals surface area contributed by atoms with Gasteiger partial charge in [-0.1, -0.05) is 48.0 Å². The zero-order valence-corrected chi connectivity index (χ0v) is 16.3. The molecule has 0 fully saturated rings. The molecule has 0 amide bonds. The Balaban J connectivity index is 1.41. The second kappa shape index (κ2) is 10.7. The molecule has 0 aromatic heterocycles. The number of hydrogen-bond donors (Lipinski definition) is 2. The summed E-state index contributed by atoms with van der Waals surface area (Å²) in [5, 5.41) is 11.9. The van der Waals surface area contributed by atoms with Gasteiger partial charge in [0, 0.05) is 13.1 Å². The predicted octanol–water partition coefficient (Wildman–Crippen LogP) is 4.48. The van der Waals surface area contributed by atoms with E-state index in [2.05, 4.69) is 53.9 Å². The molecule has 0 heterocycles. The Morgan fingerprint density at radius 1 is 1.07 bits per heavy atom. The average Bonchev–Trinajstić information content (AvgIpc) is 2.71. The third-order valence-corrected chi connectivity index (χ3v) is 5.03. The highest BCUT2D eigenvalue weighted by Crippen LogP contribution is 2.27.